The van der Waals surface area contributed by atoms with Crippen LogP contribution in [-0.2, 0) is 9.22 Å². The third-order valence-electron chi connectivity index (χ3n) is 5.19. The maximum absolute atomic E-state index is 13.2. The van der Waals surface area contributed by atoms with Crippen molar-refractivity contribution in [2.75, 3.05) is 6.61 Å². The first-order valence-electron chi connectivity index (χ1n) is 9.14. The topological polar surface area (TPSA) is 26.3 Å². The maximum Gasteiger partial charge on any atom is 0.304 e. The van der Waals surface area contributed by atoms with Crippen LogP contribution < -0.4 is 10.4 Å². The summed E-state index contributed by atoms with van der Waals surface area (Å²) in [5.74, 6) is -0.845. The Kier molecular flexibility index (Phi) is 6.53. The highest BCUT2D eigenvalue weighted by molar-refractivity contribution is 6.99. The highest BCUT2D eigenvalue weighted by atomic mass is 28.4. The molecule has 0 radical (unpaired) electrons. The van der Waals surface area contributed by atoms with Crippen molar-refractivity contribution in [3.63, 3.8) is 0 Å². The van der Waals surface area contributed by atoms with E-state index >= 15 is 0 Å². The van der Waals surface area contributed by atoms with Crippen LogP contribution in [0.4, 0.5) is 4.39 Å². The zero-order valence-corrected chi connectivity index (χ0v) is 17.3. The monoisotopic (exact) mass is 372 g/mol. The minimum atomic E-state index is -2.63. The van der Waals surface area contributed by atoms with Gasteiger partial charge in [-0.15, -0.1) is 0 Å². The van der Waals surface area contributed by atoms with E-state index in [9.17, 15) is 9.18 Å². The zero-order chi connectivity index (χ0) is 19.4. The lowest BCUT2D eigenvalue weighted by Crippen LogP contribution is -2.67. The number of hydrogen-bond acceptors (Lipinski definition) is 2. The van der Waals surface area contributed by atoms with E-state index in [-0.39, 0.29) is 11.0 Å². The summed E-state index contributed by atoms with van der Waals surface area (Å²) in [5.41, 5.74) is 0. The third kappa shape index (κ3) is 4.13. The van der Waals surface area contributed by atoms with Gasteiger partial charge in [0.1, 0.15) is 0 Å². The molecule has 26 heavy (non-hydrogen) atoms. The van der Waals surface area contributed by atoms with E-state index in [0.29, 0.717) is 6.61 Å². The van der Waals surface area contributed by atoms with Crippen LogP contribution in [0, 0.1) is 11.8 Å². The van der Waals surface area contributed by atoms with Crippen molar-refractivity contribution in [1.29, 1.82) is 0 Å². The van der Waals surface area contributed by atoms with Crippen LogP contribution in [-0.4, -0.2) is 21.0 Å². The van der Waals surface area contributed by atoms with Gasteiger partial charge >= 0.3 is 6.04 Å². The smallest absolute Gasteiger partial charge is 0.304 e. The Morgan fingerprint density at radius 1 is 0.962 bits per heavy atom. The van der Waals surface area contributed by atoms with Crippen molar-refractivity contribution in [3.05, 3.63) is 60.7 Å². The molecule has 0 saturated heterocycles. The summed E-state index contributed by atoms with van der Waals surface area (Å²) in [7, 11) is -2.63. The highest BCUT2D eigenvalue weighted by Crippen LogP contribution is 2.37. The van der Waals surface area contributed by atoms with E-state index in [2.05, 4.69) is 45.0 Å². The second-order valence-corrected chi connectivity index (χ2v) is 12.4. The fourth-order valence-electron chi connectivity index (χ4n) is 3.39. The summed E-state index contributed by atoms with van der Waals surface area (Å²) in [6.07, 6.45) is 0. The molecule has 0 aliphatic rings. The van der Waals surface area contributed by atoms with Gasteiger partial charge in [-0.25, -0.2) is 0 Å². The van der Waals surface area contributed by atoms with E-state index in [0.717, 1.165) is 0 Å². The minimum absolute atomic E-state index is 0.127. The average molecular weight is 373 g/mol. The second kappa shape index (κ2) is 8.27. The molecule has 0 N–H and O–H groups in total. The van der Waals surface area contributed by atoms with Crippen LogP contribution in [0.15, 0.2) is 60.7 Å². The van der Waals surface area contributed by atoms with Crippen molar-refractivity contribution in [2.24, 2.45) is 11.8 Å². The Labute approximate surface area is 157 Å². The van der Waals surface area contributed by atoms with Crippen LogP contribution in [0.2, 0.25) is 5.04 Å². The Hall–Kier alpha value is -1.78. The molecular weight excluding hydrogens is 343 g/mol. The first-order valence-corrected chi connectivity index (χ1v) is 11.1. The van der Waals surface area contributed by atoms with Gasteiger partial charge in [0.25, 0.3) is 8.32 Å². The molecule has 0 aliphatic carbocycles. The molecule has 0 fully saturated rings. The van der Waals surface area contributed by atoms with Crippen LogP contribution >= 0.6 is 0 Å². The van der Waals surface area contributed by atoms with Gasteiger partial charge in [0, 0.05) is 6.61 Å². The molecule has 2 aromatic carbocycles. The molecule has 0 amide bonds. The van der Waals surface area contributed by atoms with Gasteiger partial charge in [-0.05, 0) is 21.3 Å². The predicted molar refractivity (Wildman–Crippen MR) is 108 cm³/mol. The summed E-state index contributed by atoms with van der Waals surface area (Å²) in [6, 6.07) is 19.4. The van der Waals surface area contributed by atoms with Gasteiger partial charge in [0.15, 0.2) is 0 Å². The van der Waals surface area contributed by atoms with Crippen LogP contribution in [0.1, 0.15) is 34.6 Å². The standard InChI is InChI=1S/C22H29FO2Si/c1-17(18(2)21(23)24)16-25-26(22(3,4)5,19-12-8-6-9-13-19)20-14-10-7-11-15-20/h6-15,17-18H,16H2,1-5H3/t17-,18?/m1/s1. The first-order chi connectivity index (χ1) is 12.2. The zero-order valence-electron chi connectivity index (χ0n) is 16.3. The molecule has 0 aromatic heterocycles. The third-order valence-corrected chi connectivity index (χ3v) is 10.2. The van der Waals surface area contributed by atoms with Gasteiger partial charge in [-0.3, -0.25) is 4.79 Å². The summed E-state index contributed by atoms with van der Waals surface area (Å²) in [6.45, 7) is 10.5. The van der Waals surface area contributed by atoms with Crippen LogP contribution in [0.3, 0.4) is 0 Å². The fourth-order valence-corrected chi connectivity index (χ4v) is 8.05. The maximum atomic E-state index is 13.2. The number of halogens is 1. The Bertz CT molecular complexity index is 670. The Balaban J connectivity index is 2.52. The Morgan fingerprint density at radius 3 is 1.73 bits per heavy atom. The summed E-state index contributed by atoms with van der Waals surface area (Å²) in [4.78, 5) is 11.1. The van der Waals surface area contributed by atoms with Crippen molar-refractivity contribution in [3.8, 4) is 0 Å². The van der Waals surface area contributed by atoms with Gasteiger partial charge in [0.2, 0.25) is 0 Å². The molecule has 2 nitrogen and oxygen atoms in total. The molecule has 140 valence electrons. The molecule has 2 atom stereocenters. The van der Waals surface area contributed by atoms with Gasteiger partial charge in [0.05, 0.1) is 5.92 Å². The van der Waals surface area contributed by atoms with Gasteiger partial charge in [-0.1, -0.05) is 95.3 Å². The lowest BCUT2D eigenvalue weighted by molar-refractivity contribution is -0.134. The highest BCUT2D eigenvalue weighted by Gasteiger charge is 2.50. The van der Waals surface area contributed by atoms with Gasteiger partial charge < -0.3 is 4.43 Å². The number of carbonyl (C=O) groups excluding carboxylic acids is 1. The van der Waals surface area contributed by atoms with Crippen molar-refractivity contribution < 1.29 is 13.6 Å². The number of carbonyl (C=O) groups is 1. The number of hydrogen-bond donors (Lipinski definition) is 0. The quantitative estimate of drug-likeness (QED) is 0.534. The average Bonchev–Trinajstić information content (AvgIpc) is 2.62. The molecular formula is C22H29FO2Si. The summed E-state index contributed by atoms with van der Waals surface area (Å²) in [5, 5.41) is 2.24. The summed E-state index contributed by atoms with van der Waals surface area (Å²) < 4.78 is 19.9. The van der Waals surface area contributed by atoms with E-state index in [1.165, 1.54) is 10.4 Å². The molecule has 0 heterocycles. The molecule has 0 bridgehead atoms. The lowest BCUT2D eigenvalue weighted by Gasteiger charge is -2.43. The normalized spacial score (nSPS) is 14.7. The lowest BCUT2D eigenvalue weighted by atomic mass is 9.98. The molecule has 0 spiro atoms. The largest absolute Gasteiger partial charge is 0.407 e. The first kappa shape index (κ1) is 20.5. The van der Waals surface area contributed by atoms with Gasteiger partial charge in [-0.2, -0.15) is 4.39 Å². The van der Waals surface area contributed by atoms with Crippen LogP contribution in [0.5, 0.6) is 0 Å². The van der Waals surface area contributed by atoms with E-state index in [1.54, 1.807) is 6.92 Å². The van der Waals surface area contributed by atoms with Crippen molar-refractivity contribution >= 4 is 24.7 Å². The summed E-state index contributed by atoms with van der Waals surface area (Å²) >= 11 is 0. The van der Waals surface area contributed by atoms with E-state index in [4.69, 9.17) is 4.43 Å². The molecule has 0 saturated carbocycles. The SMILES string of the molecule is CC(C(=O)F)[C@H](C)CO[Si](c1ccccc1)(c1ccccc1)C(C)(C)C. The number of benzene rings is 2. The molecule has 2 aromatic rings. The Morgan fingerprint density at radius 2 is 1.38 bits per heavy atom. The number of rotatable bonds is 7. The minimum Gasteiger partial charge on any atom is -0.407 e. The van der Waals surface area contributed by atoms with Crippen molar-refractivity contribution in [2.45, 2.75) is 39.7 Å². The molecule has 4 heteroatoms. The van der Waals surface area contributed by atoms with E-state index < -0.39 is 20.3 Å². The molecule has 1 unspecified atom stereocenters. The molecule has 0 aliphatic heterocycles. The van der Waals surface area contributed by atoms with Crippen molar-refractivity contribution in [1.82, 2.24) is 0 Å². The van der Waals surface area contributed by atoms with E-state index in [1.807, 2.05) is 43.3 Å². The fraction of sp³-hybridized carbons (Fsp3) is 0.409. The molecule has 2 rings (SSSR count). The van der Waals surface area contributed by atoms with Crippen LogP contribution in [0.25, 0.3) is 0 Å². The second-order valence-electron chi connectivity index (χ2n) is 8.04. The predicted octanol–water partition coefficient (Wildman–Crippen LogP) is 4.33.